The summed E-state index contributed by atoms with van der Waals surface area (Å²) in [4.78, 5) is 11.6. The second-order valence-corrected chi connectivity index (χ2v) is 3.14. The third-order valence-corrected chi connectivity index (χ3v) is 2.21. The summed E-state index contributed by atoms with van der Waals surface area (Å²) in [7, 11) is 1.55. The van der Waals surface area contributed by atoms with Crippen LogP contribution >= 0.6 is 0 Å². The Morgan fingerprint density at radius 3 is 3.07 bits per heavy atom. The summed E-state index contributed by atoms with van der Waals surface area (Å²) in [6.45, 7) is 0.248. The van der Waals surface area contributed by atoms with Gasteiger partial charge < -0.3 is 15.2 Å². The number of methoxy groups -OCH3 is 1. The molecule has 2 rings (SSSR count). The molecular formula is C10H11NO3. The van der Waals surface area contributed by atoms with E-state index in [4.69, 9.17) is 15.2 Å². The zero-order valence-electron chi connectivity index (χ0n) is 7.82. The van der Waals surface area contributed by atoms with Crippen LogP contribution in [0, 0.1) is 0 Å². The van der Waals surface area contributed by atoms with E-state index in [1.54, 1.807) is 25.3 Å². The first kappa shape index (κ1) is 9.02. The monoisotopic (exact) mass is 193 g/mol. The first-order chi connectivity index (χ1) is 6.72. The van der Waals surface area contributed by atoms with E-state index in [0.717, 1.165) is 0 Å². The lowest BCUT2D eigenvalue weighted by atomic mass is 10.0. The number of carbonyl (C=O) groups excluding carboxylic acids is 1. The maximum atomic E-state index is 11.6. The van der Waals surface area contributed by atoms with E-state index >= 15 is 0 Å². The van der Waals surface area contributed by atoms with Crippen LogP contribution in [0.3, 0.4) is 0 Å². The lowest BCUT2D eigenvalue weighted by molar-refractivity contribution is 0.0899. The zero-order valence-corrected chi connectivity index (χ0v) is 7.82. The zero-order chi connectivity index (χ0) is 10.1. The number of fused-ring (bicyclic) bond motifs is 1. The van der Waals surface area contributed by atoms with Gasteiger partial charge >= 0.3 is 0 Å². The molecule has 0 unspecified atom stereocenters. The first-order valence-electron chi connectivity index (χ1n) is 4.33. The van der Waals surface area contributed by atoms with Crippen LogP contribution in [-0.4, -0.2) is 25.5 Å². The Morgan fingerprint density at radius 1 is 1.57 bits per heavy atom. The molecule has 0 spiro atoms. The largest absolute Gasteiger partial charge is 0.497 e. The third kappa shape index (κ3) is 1.33. The molecule has 1 aliphatic rings. The summed E-state index contributed by atoms with van der Waals surface area (Å²) in [6, 6.07) is 4.56. The van der Waals surface area contributed by atoms with Crippen molar-refractivity contribution in [3.63, 3.8) is 0 Å². The van der Waals surface area contributed by atoms with Crippen LogP contribution in [0.25, 0.3) is 0 Å². The Kier molecular flexibility index (Phi) is 2.13. The number of ether oxygens (including phenoxy) is 2. The number of ketones is 1. The molecule has 0 aromatic heterocycles. The standard InChI is InChI=1S/C10H11NO3/c1-13-6-2-3-9-7(4-6)10(12)8(11)5-14-9/h2-4,8H,5,11H2,1H3/t8-/m0/s1. The minimum absolute atomic E-state index is 0.0925. The highest BCUT2D eigenvalue weighted by Gasteiger charge is 2.25. The van der Waals surface area contributed by atoms with Crippen LogP contribution in [0.2, 0.25) is 0 Å². The number of carbonyl (C=O) groups is 1. The number of hydrogen-bond donors (Lipinski definition) is 1. The van der Waals surface area contributed by atoms with Crippen molar-refractivity contribution in [2.75, 3.05) is 13.7 Å². The number of nitrogens with two attached hydrogens (primary N) is 1. The van der Waals surface area contributed by atoms with Crippen molar-refractivity contribution in [1.82, 2.24) is 0 Å². The van der Waals surface area contributed by atoms with Crippen molar-refractivity contribution < 1.29 is 14.3 Å². The van der Waals surface area contributed by atoms with Gasteiger partial charge in [-0.3, -0.25) is 4.79 Å². The van der Waals surface area contributed by atoms with Gasteiger partial charge in [0.1, 0.15) is 24.1 Å². The van der Waals surface area contributed by atoms with Gasteiger partial charge in [0.05, 0.1) is 12.7 Å². The Hall–Kier alpha value is -1.55. The number of benzene rings is 1. The van der Waals surface area contributed by atoms with Crippen LogP contribution in [0.15, 0.2) is 18.2 Å². The van der Waals surface area contributed by atoms with Gasteiger partial charge in [0.25, 0.3) is 0 Å². The Balaban J connectivity index is 2.46. The van der Waals surface area contributed by atoms with Crippen molar-refractivity contribution >= 4 is 5.78 Å². The SMILES string of the molecule is COc1ccc2c(c1)C(=O)[C@@H](N)CO2. The van der Waals surface area contributed by atoms with Crippen molar-refractivity contribution in [3.8, 4) is 11.5 Å². The molecule has 0 bridgehead atoms. The van der Waals surface area contributed by atoms with Gasteiger partial charge in [-0.1, -0.05) is 0 Å². The Bertz CT molecular complexity index is 376. The normalized spacial score (nSPS) is 19.9. The minimum atomic E-state index is -0.561. The van der Waals surface area contributed by atoms with Crippen LogP contribution in [0.4, 0.5) is 0 Å². The average molecular weight is 193 g/mol. The summed E-state index contributed by atoms with van der Waals surface area (Å²) in [6.07, 6.45) is 0. The van der Waals surface area contributed by atoms with Crippen LogP contribution in [-0.2, 0) is 0 Å². The van der Waals surface area contributed by atoms with Crippen LogP contribution in [0.1, 0.15) is 10.4 Å². The summed E-state index contributed by atoms with van der Waals surface area (Å²) in [5.41, 5.74) is 6.07. The molecule has 0 aliphatic carbocycles. The summed E-state index contributed by atoms with van der Waals surface area (Å²) in [5.74, 6) is 1.12. The average Bonchev–Trinajstić information content (AvgIpc) is 2.23. The fourth-order valence-electron chi connectivity index (χ4n) is 1.41. The van der Waals surface area contributed by atoms with Crippen molar-refractivity contribution in [3.05, 3.63) is 23.8 Å². The number of Topliss-reactive ketones (excluding diaryl/α,β-unsaturated/α-hetero) is 1. The Labute approximate surface area is 81.6 Å². The predicted molar refractivity (Wildman–Crippen MR) is 50.8 cm³/mol. The summed E-state index contributed by atoms with van der Waals surface area (Å²) < 4.78 is 10.3. The molecule has 4 nitrogen and oxygen atoms in total. The second kappa shape index (κ2) is 3.31. The molecule has 1 atom stereocenters. The van der Waals surface area contributed by atoms with Crippen LogP contribution in [0.5, 0.6) is 11.5 Å². The quantitative estimate of drug-likeness (QED) is 0.709. The van der Waals surface area contributed by atoms with Crippen molar-refractivity contribution in [1.29, 1.82) is 0 Å². The number of rotatable bonds is 1. The van der Waals surface area contributed by atoms with E-state index in [1.807, 2.05) is 0 Å². The lowest BCUT2D eigenvalue weighted by Gasteiger charge is -2.21. The smallest absolute Gasteiger partial charge is 0.186 e. The highest BCUT2D eigenvalue weighted by atomic mass is 16.5. The summed E-state index contributed by atoms with van der Waals surface area (Å²) in [5, 5.41) is 0. The molecule has 1 aliphatic heterocycles. The van der Waals surface area contributed by atoms with Gasteiger partial charge in [-0.2, -0.15) is 0 Å². The van der Waals surface area contributed by atoms with E-state index in [9.17, 15) is 4.79 Å². The van der Waals surface area contributed by atoms with Gasteiger partial charge in [-0.05, 0) is 18.2 Å². The predicted octanol–water partition coefficient (Wildman–Crippen LogP) is 0.598. The van der Waals surface area contributed by atoms with Gasteiger partial charge in [0, 0.05) is 0 Å². The van der Waals surface area contributed by atoms with Gasteiger partial charge in [0.2, 0.25) is 0 Å². The number of hydrogen-bond acceptors (Lipinski definition) is 4. The van der Waals surface area contributed by atoms with Gasteiger partial charge in [-0.15, -0.1) is 0 Å². The molecular weight excluding hydrogens is 182 g/mol. The fourth-order valence-corrected chi connectivity index (χ4v) is 1.41. The van der Waals surface area contributed by atoms with Crippen LogP contribution < -0.4 is 15.2 Å². The maximum Gasteiger partial charge on any atom is 0.186 e. The molecule has 0 amide bonds. The highest BCUT2D eigenvalue weighted by molar-refractivity contribution is 6.03. The van der Waals surface area contributed by atoms with E-state index in [0.29, 0.717) is 17.1 Å². The summed E-state index contributed by atoms with van der Waals surface area (Å²) >= 11 is 0. The van der Waals surface area contributed by atoms with E-state index in [-0.39, 0.29) is 12.4 Å². The Morgan fingerprint density at radius 2 is 2.36 bits per heavy atom. The molecule has 1 aromatic rings. The second-order valence-electron chi connectivity index (χ2n) is 3.14. The molecule has 0 radical (unpaired) electrons. The topological polar surface area (TPSA) is 61.5 Å². The lowest BCUT2D eigenvalue weighted by Crippen LogP contribution is -2.40. The van der Waals surface area contributed by atoms with Gasteiger partial charge in [-0.25, -0.2) is 0 Å². The van der Waals surface area contributed by atoms with E-state index < -0.39 is 6.04 Å². The minimum Gasteiger partial charge on any atom is -0.497 e. The molecule has 0 saturated heterocycles. The maximum absolute atomic E-state index is 11.6. The molecule has 1 aromatic carbocycles. The van der Waals surface area contributed by atoms with E-state index in [2.05, 4.69) is 0 Å². The highest BCUT2D eigenvalue weighted by Crippen LogP contribution is 2.27. The van der Waals surface area contributed by atoms with Crippen molar-refractivity contribution in [2.45, 2.75) is 6.04 Å². The molecule has 4 heteroatoms. The van der Waals surface area contributed by atoms with Crippen molar-refractivity contribution in [2.24, 2.45) is 5.73 Å². The van der Waals surface area contributed by atoms with E-state index in [1.165, 1.54) is 0 Å². The molecule has 14 heavy (non-hydrogen) atoms. The molecule has 74 valence electrons. The molecule has 1 heterocycles. The fraction of sp³-hybridized carbons (Fsp3) is 0.300. The molecule has 0 saturated carbocycles. The van der Waals surface area contributed by atoms with Gasteiger partial charge in [0.15, 0.2) is 5.78 Å². The molecule has 2 N–H and O–H groups in total. The molecule has 0 fully saturated rings. The first-order valence-corrected chi connectivity index (χ1v) is 4.33. The third-order valence-electron chi connectivity index (χ3n) is 2.21.